The first-order chi connectivity index (χ1) is 7.47. The quantitative estimate of drug-likeness (QED) is 0.648. The van der Waals surface area contributed by atoms with Crippen molar-refractivity contribution in [2.24, 2.45) is 11.7 Å². The summed E-state index contributed by atoms with van der Waals surface area (Å²) in [4.78, 5) is 13.6. The number of hydrogen-bond acceptors (Lipinski definition) is 3. The van der Waals surface area contributed by atoms with Crippen LogP contribution in [0.5, 0.6) is 0 Å². The highest BCUT2D eigenvalue weighted by atomic mass is 16.2. The van der Waals surface area contributed by atoms with Crippen molar-refractivity contribution in [1.82, 2.24) is 10.2 Å². The SMILES string of the molecule is CC(C)CCNC(=O)CN(C)C(C)CCN. The molecule has 0 aliphatic rings. The minimum Gasteiger partial charge on any atom is -0.355 e. The number of carbonyl (C=O) groups excluding carboxylic acids is 1. The molecule has 0 saturated heterocycles. The zero-order valence-corrected chi connectivity index (χ0v) is 11.1. The summed E-state index contributed by atoms with van der Waals surface area (Å²) >= 11 is 0. The van der Waals surface area contributed by atoms with Gasteiger partial charge in [-0.2, -0.15) is 0 Å². The number of likely N-dealkylation sites (N-methyl/N-ethyl adjacent to an activating group) is 1. The zero-order valence-electron chi connectivity index (χ0n) is 11.1. The van der Waals surface area contributed by atoms with Crippen molar-refractivity contribution in [3.8, 4) is 0 Å². The van der Waals surface area contributed by atoms with Gasteiger partial charge < -0.3 is 11.1 Å². The van der Waals surface area contributed by atoms with Crippen LogP contribution in [0.15, 0.2) is 0 Å². The summed E-state index contributed by atoms with van der Waals surface area (Å²) in [7, 11) is 1.96. The van der Waals surface area contributed by atoms with E-state index in [0.717, 1.165) is 19.4 Å². The Morgan fingerprint density at radius 1 is 1.31 bits per heavy atom. The van der Waals surface area contributed by atoms with Gasteiger partial charge in [-0.05, 0) is 39.3 Å². The Morgan fingerprint density at radius 3 is 2.44 bits per heavy atom. The largest absolute Gasteiger partial charge is 0.355 e. The second-order valence-corrected chi connectivity index (χ2v) is 4.87. The maximum Gasteiger partial charge on any atom is 0.234 e. The van der Waals surface area contributed by atoms with Crippen LogP contribution < -0.4 is 11.1 Å². The molecule has 1 atom stereocenters. The summed E-state index contributed by atoms with van der Waals surface area (Å²) in [6.07, 6.45) is 1.96. The maximum absolute atomic E-state index is 11.6. The van der Waals surface area contributed by atoms with Gasteiger partial charge in [0.15, 0.2) is 0 Å². The van der Waals surface area contributed by atoms with E-state index >= 15 is 0 Å². The number of nitrogens with zero attached hydrogens (tertiary/aromatic N) is 1. The number of nitrogens with two attached hydrogens (primary N) is 1. The van der Waals surface area contributed by atoms with Gasteiger partial charge in [0.25, 0.3) is 0 Å². The van der Waals surface area contributed by atoms with Crippen LogP contribution in [0.1, 0.15) is 33.6 Å². The van der Waals surface area contributed by atoms with Crippen LogP contribution in [0.3, 0.4) is 0 Å². The van der Waals surface area contributed by atoms with E-state index in [1.54, 1.807) is 0 Å². The molecule has 0 saturated carbocycles. The molecule has 4 nitrogen and oxygen atoms in total. The Balaban J connectivity index is 3.69. The Kier molecular flexibility index (Phi) is 8.21. The van der Waals surface area contributed by atoms with E-state index in [0.29, 0.717) is 25.0 Å². The molecule has 96 valence electrons. The lowest BCUT2D eigenvalue weighted by atomic mass is 10.1. The lowest BCUT2D eigenvalue weighted by molar-refractivity contribution is -0.122. The van der Waals surface area contributed by atoms with Crippen molar-refractivity contribution in [1.29, 1.82) is 0 Å². The molecular formula is C12H27N3O. The van der Waals surface area contributed by atoms with Crippen LogP contribution in [0, 0.1) is 5.92 Å². The Labute approximate surface area is 99.6 Å². The van der Waals surface area contributed by atoms with Crippen molar-refractivity contribution < 1.29 is 4.79 Å². The van der Waals surface area contributed by atoms with E-state index in [-0.39, 0.29) is 5.91 Å². The normalized spacial score (nSPS) is 13.2. The first-order valence-electron chi connectivity index (χ1n) is 6.14. The Morgan fingerprint density at radius 2 is 1.94 bits per heavy atom. The molecule has 4 heteroatoms. The maximum atomic E-state index is 11.6. The van der Waals surface area contributed by atoms with E-state index in [2.05, 4.69) is 26.1 Å². The van der Waals surface area contributed by atoms with Crippen LogP contribution in [0.4, 0.5) is 0 Å². The van der Waals surface area contributed by atoms with E-state index in [1.807, 2.05) is 11.9 Å². The van der Waals surface area contributed by atoms with Crippen LogP contribution in [0.25, 0.3) is 0 Å². The predicted octanol–water partition coefficient (Wildman–Crippen LogP) is 0.818. The molecule has 0 radical (unpaired) electrons. The summed E-state index contributed by atoms with van der Waals surface area (Å²) < 4.78 is 0. The zero-order chi connectivity index (χ0) is 12.6. The van der Waals surface area contributed by atoms with Gasteiger partial charge in [0.2, 0.25) is 5.91 Å². The summed E-state index contributed by atoms with van der Waals surface area (Å²) in [5.41, 5.74) is 5.48. The molecule has 3 N–H and O–H groups in total. The first kappa shape index (κ1) is 15.4. The van der Waals surface area contributed by atoms with E-state index in [9.17, 15) is 4.79 Å². The fourth-order valence-electron chi connectivity index (χ4n) is 1.40. The van der Waals surface area contributed by atoms with E-state index < -0.39 is 0 Å². The van der Waals surface area contributed by atoms with Crippen molar-refractivity contribution in [2.75, 3.05) is 26.7 Å². The summed E-state index contributed by atoms with van der Waals surface area (Å²) in [6.45, 7) is 8.30. The molecule has 0 fully saturated rings. The first-order valence-corrected chi connectivity index (χ1v) is 6.14. The molecule has 1 unspecified atom stereocenters. The fourth-order valence-corrected chi connectivity index (χ4v) is 1.40. The lowest BCUT2D eigenvalue weighted by Crippen LogP contribution is -2.40. The van der Waals surface area contributed by atoms with Crippen molar-refractivity contribution in [3.05, 3.63) is 0 Å². The van der Waals surface area contributed by atoms with E-state index in [1.165, 1.54) is 0 Å². The average molecular weight is 229 g/mol. The lowest BCUT2D eigenvalue weighted by Gasteiger charge is -2.23. The van der Waals surface area contributed by atoms with Crippen LogP contribution in [-0.2, 0) is 4.79 Å². The molecule has 0 aromatic rings. The third-order valence-corrected chi connectivity index (χ3v) is 2.77. The second-order valence-electron chi connectivity index (χ2n) is 4.87. The van der Waals surface area contributed by atoms with Gasteiger partial charge in [-0.25, -0.2) is 0 Å². The number of amides is 1. The minimum absolute atomic E-state index is 0.104. The van der Waals surface area contributed by atoms with Crippen LogP contribution in [0.2, 0.25) is 0 Å². The van der Waals surface area contributed by atoms with Crippen LogP contribution >= 0.6 is 0 Å². The predicted molar refractivity (Wildman–Crippen MR) is 68.2 cm³/mol. The monoisotopic (exact) mass is 229 g/mol. The van der Waals surface area contributed by atoms with Gasteiger partial charge >= 0.3 is 0 Å². The molecule has 0 aliphatic carbocycles. The summed E-state index contributed by atoms with van der Waals surface area (Å²) in [6, 6.07) is 0.362. The molecule has 0 rings (SSSR count). The third-order valence-electron chi connectivity index (χ3n) is 2.77. The van der Waals surface area contributed by atoms with Crippen LogP contribution in [-0.4, -0.2) is 43.5 Å². The average Bonchev–Trinajstić information content (AvgIpc) is 2.17. The molecular weight excluding hydrogens is 202 g/mol. The van der Waals surface area contributed by atoms with Gasteiger partial charge in [-0.3, -0.25) is 9.69 Å². The van der Waals surface area contributed by atoms with Crippen molar-refractivity contribution in [3.63, 3.8) is 0 Å². The number of rotatable bonds is 8. The topological polar surface area (TPSA) is 58.4 Å². The highest BCUT2D eigenvalue weighted by Gasteiger charge is 2.11. The highest BCUT2D eigenvalue weighted by Crippen LogP contribution is 1.99. The fraction of sp³-hybridized carbons (Fsp3) is 0.917. The number of carbonyl (C=O) groups is 1. The van der Waals surface area contributed by atoms with Gasteiger partial charge in [-0.1, -0.05) is 13.8 Å². The third kappa shape index (κ3) is 7.65. The Hall–Kier alpha value is -0.610. The summed E-state index contributed by atoms with van der Waals surface area (Å²) in [5.74, 6) is 0.737. The van der Waals surface area contributed by atoms with Crippen molar-refractivity contribution in [2.45, 2.75) is 39.7 Å². The highest BCUT2D eigenvalue weighted by molar-refractivity contribution is 5.77. The minimum atomic E-state index is 0.104. The molecule has 0 heterocycles. The molecule has 0 aromatic heterocycles. The molecule has 1 amide bonds. The number of nitrogens with one attached hydrogen (secondary N) is 1. The molecule has 0 aromatic carbocycles. The number of hydrogen-bond donors (Lipinski definition) is 2. The molecule has 0 aliphatic heterocycles. The van der Waals surface area contributed by atoms with E-state index in [4.69, 9.17) is 5.73 Å². The van der Waals surface area contributed by atoms with Gasteiger partial charge in [0.05, 0.1) is 6.54 Å². The van der Waals surface area contributed by atoms with Gasteiger partial charge in [0.1, 0.15) is 0 Å². The van der Waals surface area contributed by atoms with Gasteiger partial charge in [0, 0.05) is 12.6 Å². The second kappa shape index (κ2) is 8.53. The molecule has 0 bridgehead atoms. The molecule has 0 spiro atoms. The van der Waals surface area contributed by atoms with Crippen molar-refractivity contribution >= 4 is 5.91 Å². The standard InChI is InChI=1S/C12H27N3O/c1-10(2)6-8-14-12(16)9-15(4)11(3)5-7-13/h10-11H,5-9,13H2,1-4H3,(H,14,16). The smallest absolute Gasteiger partial charge is 0.234 e. The van der Waals surface area contributed by atoms with Gasteiger partial charge in [-0.15, -0.1) is 0 Å². The molecule has 16 heavy (non-hydrogen) atoms. The Bertz CT molecular complexity index is 195. The summed E-state index contributed by atoms with van der Waals surface area (Å²) in [5, 5.41) is 2.93.